The highest BCUT2D eigenvalue weighted by atomic mass is 79.9. The van der Waals surface area contributed by atoms with Gasteiger partial charge in [0.05, 0.1) is 5.75 Å². The molecule has 0 fully saturated rings. The normalized spacial score (nSPS) is 10.5. The van der Waals surface area contributed by atoms with E-state index < -0.39 is 0 Å². The maximum Gasteiger partial charge on any atom is 0.193 e. The van der Waals surface area contributed by atoms with Gasteiger partial charge in [-0.1, -0.05) is 11.8 Å². The van der Waals surface area contributed by atoms with E-state index in [2.05, 4.69) is 26.1 Å². The van der Waals surface area contributed by atoms with Crippen molar-refractivity contribution < 1.29 is 4.42 Å². The highest BCUT2D eigenvalue weighted by Gasteiger charge is 2.02. The monoisotopic (exact) mass is 304 g/mol. The van der Waals surface area contributed by atoms with Gasteiger partial charge in [-0.2, -0.15) is 0 Å². The van der Waals surface area contributed by atoms with Crippen LogP contribution in [0.4, 0.5) is 0 Å². The van der Waals surface area contributed by atoms with E-state index in [-0.39, 0.29) is 0 Å². The fourth-order valence-electron chi connectivity index (χ4n) is 0.955. The summed E-state index contributed by atoms with van der Waals surface area (Å²) in [5.74, 6) is 1.53. The van der Waals surface area contributed by atoms with Crippen molar-refractivity contribution in [3.05, 3.63) is 39.8 Å². The topological polar surface area (TPSA) is 38.9 Å². The minimum absolute atomic E-state index is 0.410. The lowest BCUT2D eigenvalue weighted by Crippen LogP contribution is -1.85. The fraction of sp³-hybridized carbons (Fsp3) is 0.111. The summed E-state index contributed by atoms with van der Waals surface area (Å²) < 4.78 is 5.95. The summed E-state index contributed by atoms with van der Waals surface area (Å²) in [5, 5.41) is 9.14. The molecule has 0 aliphatic carbocycles. The van der Waals surface area contributed by atoms with Crippen molar-refractivity contribution in [2.75, 3.05) is 0 Å². The first kappa shape index (κ1) is 11.0. The molecular formula is C9H6BrClN2OS. The van der Waals surface area contributed by atoms with E-state index in [1.165, 1.54) is 0 Å². The molecule has 6 heteroatoms. The number of rotatable bonds is 3. The Bertz CT molecular complexity index is 446. The SMILES string of the molecule is Clc1ccc(CSc2ccc(Br)nn2)o1. The second-order valence-corrected chi connectivity index (χ2v) is 4.87. The average Bonchev–Trinajstić information content (AvgIpc) is 2.64. The third kappa shape index (κ3) is 3.22. The van der Waals surface area contributed by atoms with Crippen LogP contribution in [0.2, 0.25) is 5.22 Å². The number of nitrogens with zero attached hydrogens (tertiary/aromatic N) is 2. The summed E-state index contributed by atoms with van der Waals surface area (Å²) in [6, 6.07) is 7.32. The van der Waals surface area contributed by atoms with Gasteiger partial charge >= 0.3 is 0 Å². The smallest absolute Gasteiger partial charge is 0.193 e. The molecule has 0 saturated heterocycles. The zero-order chi connectivity index (χ0) is 10.7. The molecule has 2 aromatic rings. The summed E-state index contributed by atoms with van der Waals surface area (Å²) in [6.07, 6.45) is 0. The van der Waals surface area contributed by atoms with Crippen LogP contribution in [0, 0.1) is 0 Å². The number of hydrogen-bond acceptors (Lipinski definition) is 4. The van der Waals surface area contributed by atoms with E-state index in [9.17, 15) is 0 Å². The van der Waals surface area contributed by atoms with Crippen molar-refractivity contribution >= 4 is 39.3 Å². The lowest BCUT2D eigenvalue weighted by Gasteiger charge is -1.96. The third-order valence-electron chi connectivity index (χ3n) is 1.60. The molecule has 78 valence electrons. The van der Waals surface area contributed by atoms with Crippen molar-refractivity contribution in [2.45, 2.75) is 10.8 Å². The molecule has 0 amide bonds. The number of furan rings is 1. The maximum absolute atomic E-state index is 5.65. The second-order valence-electron chi connectivity index (χ2n) is 2.69. The molecule has 0 saturated carbocycles. The summed E-state index contributed by atoms with van der Waals surface area (Å²) in [4.78, 5) is 0. The Labute approximate surface area is 104 Å². The van der Waals surface area contributed by atoms with Crippen molar-refractivity contribution in [2.24, 2.45) is 0 Å². The zero-order valence-electron chi connectivity index (χ0n) is 7.48. The maximum atomic E-state index is 5.65. The molecule has 0 spiro atoms. The van der Waals surface area contributed by atoms with E-state index >= 15 is 0 Å². The van der Waals surface area contributed by atoms with Crippen LogP contribution in [0.3, 0.4) is 0 Å². The summed E-state index contributed by atoms with van der Waals surface area (Å²) in [6.45, 7) is 0. The van der Waals surface area contributed by atoms with Gasteiger partial charge in [-0.25, -0.2) is 0 Å². The first-order valence-electron chi connectivity index (χ1n) is 4.10. The van der Waals surface area contributed by atoms with Gasteiger partial charge in [0.15, 0.2) is 5.22 Å². The van der Waals surface area contributed by atoms with Crippen LogP contribution < -0.4 is 0 Å². The van der Waals surface area contributed by atoms with Crippen molar-refractivity contribution in [3.63, 3.8) is 0 Å². The summed E-state index contributed by atoms with van der Waals surface area (Å²) >= 11 is 10.4. The van der Waals surface area contributed by atoms with Crippen LogP contribution in [0.25, 0.3) is 0 Å². The second kappa shape index (κ2) is 5.01. The molecule has 0 unspecified atom stereocenters. The standard InChI is InChI=1S/C9H6BrClN2OS/c10-7-2-4-9(13-12-7)15-5-6-1-3-8(11)14-6/h1-4H,5H2. The molecule has 0 atom stereocenters. The Morgan fingerprint density at radius 1 is 1.27 bits per heavy atom. The Morgan fingerprint density at radius 2 is 2.13 bits per heavy atom. The molecule has 2 heterocycles. The molecule has 0 aromatic carbocycles. The molecule has 15 heavy (non-hydrogen) atoms. The highest BCUT2D eigenvalue weighted by Crippen LogP contribution is 2.23. The van der Waals surface area contributed by atoms with Gasteiger partial charge in [0.25, 0.3) is 0 Å². The third-order valence-corrected chi connectivity index (χ3v) is 3.17. The largest absolute Gasteiger partial charge is 0.449 e. The number of thioether (sulfide) groups is 1. The lowest BCUT2D eigenvalue weighted by molar-refractivity contribution is 0.532. The van der Waals surface area contributed by atoms with E-state index in [1.807, 2.05) is 18.2 Å². The number of hydrogen-bond donors (Lipinski definition) is 0. The van der Waals surface area contributed by atoms with Gasteiger partial charge in [0.2, 0.25) is 0 Å². The van der Waals surface area contributed by atoms with Crippen LogP contribution in [0.5, 0.6) is 0 Å². The first-order chi connectivity index (χ1) is 7.24. The van der Waals surface area contributed by atoms with Crippen LogP contribution in [-0.2, 0) is 5.75 Å². The minimum atomic E-state index is 0.410. The molecule has 0 aliphatic heterocycles. The van der Waals surface area contributed by atoms with Gasteiger partial charge in [-0.05, 0) is 51.8 Å². The Hall–Kier alpha value is -0.520. The van der Waals surface area contributed by atoms with Gasteiger partial charge in [-0.15, -0.1) is 10.2 Å². The van der Waals surface area contributed by atoms with Crippen LogP contribution in [-0.4, -0.2) is 10.2 Å². The molecule has 3 nitrogen and oxygen atoms in total. The predicted molar refractivity (Wildman–Crippen MR) is 63.0 cm³/mol. The van der Waals surface area contributed by atoms with Crippen LogP contribution in [0.1, 0.15) is 5.76 Å². The lowest BCUT2D eigenvalue weighted by atomic mass is 10.5. The highest BCUT2D eigenvalue weighted by molar-refractivity contribution is 9.10. The minimum Gasteiger partial charge on any atom is -0.449 e. The van der Waals surface area contributed by atoms with Crippen molar-refractivity contribution in [1.82, 2.24) is 10.2 Å². The molecule has 0 bridgehead atoms. The molecule has 2 aromatic heterocycles. The summed E-state index contributed by atoms with van der Waals surface area (Å²) in [7, 11) is 0. The van der Waals surface area contributed by atoms with Gasteiger partial charge < -0.3 is 4.42 Å². The first-order valence-corrected chi connectivity index (χ1v) is 6.26. The molecule has 2 rings (SSSR count). The van der Waals surface area contributed by atoms with E-state index in [4.69, 9.17) is 16.0 Å². The Kier molecular flexibility index (Phi) is 3.66. The average molecular weight is 306 g/mol. The fourth-order valence-corrected chi connectivity index (χ4v) is 2.04. The Morgan fingerprint density at radius 3 is 2.73 bits per heavy atom. The quantitative estimate of drug-likeness (QED) is 0.809. The van der Waals surface area contributed by atoms with Gasteiger partial charge in [-0.3, -0.25) is 0 Å². The van der Waals surface area contributed by atoms with E-state index in [1.54, 1.807) is 17.8 Å². The van der Waals surface area contributed by atoms with E-state index in [0.29, 0.717) is 11.0 Å². The van der Waals surface area contributed by atoms with Gasteiger partial charge in [0.1, 0.15) is 15.4 Å². The van der Waals surface area contributed by atoms with Crippen LogP contribution in [0.15, 0.2) is 38.3 Å². The van der Waals surface area contributed by atoms with Crippen molar-refractivity contribution in [3.8, 4) is 0 Å². The predicted octanol–water partition coefficient (Wildman–Crippen LogP) is 3.78. The Balaban J connectivity index is 1.96. The number of aromatic nitrogens is 2. The number of halogens is 2. The molecule has 0 aliphatic rings. The molecule has 0 N–H and O–H groups in total. The molecule has 0 radical (unpaired) electrons. The summed E-state index contributed by atoms with van der Waals surface area (Å²) in [5.41, 5.74) is 0. The van der Waals surface area contributed by atoms with Gasteiger partial charge in [0, 0.05) is 0 Å². The zero-order valence-corrected chi connectivity index (χ0v) is 10.6. The van der Waals surface area contributed by atoms with Crippen molar-refractivity contribution in [1.29, 1.82) is 0 Å². The molecular weight excluding hydrogens is 300 g/mol. The van der Waals surface area contributed by atoms with Crippen LogP contribution >= 0.6 is 39.3 Å². The van der Waals surface area contributed by atoms with E-state index in [0.717, 1.165) is 15.4 Å².